The van der Waals surface area contributed by atoms with Gasteiger partial charge in [-0.3, -0.25) is 0 Å². The molecule has 1 aliphatic rings. The second-order valence-electron chi connectivity index (χ2n) is 3.80. The zero-order chi connectivity index (χ0) is 10.7. The monoisotopic (exact) mass is 288 g/mol. The number of rotatable bonds is 4. The highest BCUT2D eigenvalue weighted by Crippen LogP contribution is 2.28. The molecule has 0 saturated heterocycles. The van der Waals surface area contributed by atoms with Crippen LogP contribution >= 0.6 is 27.5 Å². The molecule has 0 N–H and O–H groups in total. The number of halogens is 2. The Labute approximate surface area is 104 Å². The van der Waals surface area contributed by atoms with Gasteiger partial charge in [0.2, 0.25) is 0 Å². The summed E-state index contributed by atoms with van der Waals surface area (Å²) in [4.78, 5) is 6.74. The summed E-state index contributed by atoms with van der Waals surface area (Å²) < 4.78 is 1.02. The van der Waals surface area contributed by atoms with Crippen LogP contribution in [0.2, 0.25) is 0 Å². The molecule has 1 aliphatic carbocycles. The van der Waals surface area contributed by atoms with Crippen molar-refractivity contribution in [2.45, 2.75) is 25.3 Å². The third-order valence-corrected chi connectivity index (χ3v) is 3.49. The summed E-state index contributed by atoms with van der Waals surface area (Å²) >= 11 is 9.22. The minimum absolute atomic E-state index is 0.650. The van der Waals surface area contributed by atoms with Gasteiger partial charge in [0, 0.05) is 29.1 Å². The summed E-state index contributed by atoms with van der Waals surface area (Å²) in [7, 11) is 0. The van der Waals surface area contributed by atoms with Crippen molar-refractivity contribution >= 4 is 33.3 Å². The molecule has 82 valence electrons. The zero-order valence-corrected chi connectivity index (χ0v) is 10.8. The maximum absolute atomic E-state index is 5.82. The van der Waals surface area contributed by atoms with E-state index in [1.54, 1.807) is 0 Å². The lowest BCUT2D eigenvalue weighted by atomic mass is 9.91. The van der Waals surface area contributed by atoms with Gasteiger partial charge >= 0.3 is 0 Å². The van der Waals surface area contributed by atoms with E-state index in [1.807, 2.05) is 12.3 Å². The fourth-order valence-electron chi connectivity index (χ4n) is 1.81. The number of hydrogen-bond acceptors (Lipinski definition) is 2. The standard InChI is InChI=1S/C11H14BrClN2/c12-9-4-5-11(14-8-9)15(7-6-13)10-2-1-3-10/h4-5,8,10H,1-3,6-7H2. The molecule has 0 unspecified atom stereocenters. The number of anilines is 1. The fraction of sp³-hybridized carbons (Fsp3) is 0.545. The first-order valence-electron chi connectivity index (χ1n) is 5.25. The van der Waals surface area contributed by atoms with Crippen LogP contribution in [0.3, 0.4) is 0 Å². The molecule has 0 atom stereocenters. The summed E-state index contributed by atoms with van der Waals surface area (Å²) in [5, 5.41) is 0. The molecular weight excluding hydrogens is 275 g/mol. The average molecular weight is 290 g/mol. The van der Waals surface area contributed by atoms with Gasteiger partial charge in [-0.15, -0.1) is 11.6 Å². The molecule has 0 radical (unpaired) electrons. The van der Waals surface area contributed by atoms with Gasteiger partial charge in [0.15, 0.2) is 0 Å². The molecule has 0 amide bonds. The van der Waals surface area contributed by atoms with Gasteiger partial charge in [0.1, 0.15) is 5.82 Å². The van der Waals surface area contributed by atoms with E-state index in [0.29, 0.717) is 11.9 Å². The van der Waals surface area contributed by atoms with E-state index in [2.05, 4.69) is 31.9 Å². The molecule has 1 saturated carbocycles. The maximum atomic E-state index is 5.82. The normalized spacial score (nSPS) is 16.1. The first-order valence-corrected chi connectivity index (χ1v) is 6.58. The highest BCUT2D eigenvalue weighted by atomic mass is 79.9. The molecule has 0 bridgehead atoms. The number of nitrogens with zero attached hydrogens (tertiary/aromatic N) is 2. The van der Waals surface area contributed by atoms with Crippen LogP contribution in [0.4, 0.5) is 5.82 Å². The van der Waals surface area contributed by atoms with Crippen molar-refractivity contribution in [1.82, 2.24) is 4.98 Å². The Morgan fingerprint density at radius 2 is 2.27 bits per heavy atom. The molecule has 1 aromatic heterocycles. The van der Waals surface area contributed by atoms with Crippen LogP contribution in [0, 0.1) is 0 Å². The Kier molecular flexibility index (Phi) is 3.87. The van der Waals surface area contributed by atoms with Crippen LogP contribution < -0.4 is 4.90 Å². The third-order valence-electron chi connectivity index (χ3n) is 2.85. The predicted octanol–water partition coefficient (Wildman–Crippen LogP) is 3.44. The molecule has 2 rings (SSSR count). The van der Waals surface area contributed by atoms with E-state index >= 15 is 0 Å². The largest absolute Gasteiger partial charge is 0.352 e. The van der Waals surface area contributed by atoms with Crippen molar-refractivity contribution < 1.29 is 0 Å². The van der Waals surface area contributed by atoms with E-state index in [1.165, 1.54) is 19.3 Å². The van der Waals surface area contributed by atoms with E-state index < -0.39 is 0 Å². The van der Waals surface area contributed by atoms with E-state index in [0.717, 1.165) is 16.8 Å². The molecule has 1 fully saturated rings. The highest BCUT2D eigenvalue weighted by molar-refractivity contribution is 9.10. The molecule has 0 aromatic carbocycles. The van der Waals surface area contributed by atoms with E-state index in [-0.39, 0.29) is 0 Å². The quantitative estimate of drug-likeness (QED) is 0.789. The second kappa shape index (κ2) is 5.17. The number of hydrogen-bond donors (Lipinski definition) is 0. The van der Waals surface area contributed by atoms with Crippen LogP contribution in [0.1, 0.15) is 19.3 Å². The van der Waals surface area contributed by atoms with Crippen molar-refractivity contribution in [3.05, 3.63) is 22.8 Å². The lowest BCUT2D eigenvalue weighted by Crippen LogP contribution is -2.41. The third kappa shape index (κ3) is 2.64. The van der Waals surface area contributed by atoms with Crippen LogP contribution in [0.5, 0.6) is 0 Å². The summed E-state index contributed by atoms with van der Waals surface area (Å²) in [5.74, 6) is 1.71. The molecule has 4 heteroatoms. The maximum Gasteiger partial charge on any atom is 0.128 e. The van der Waals surface area contributed by atoms with Crippen LogP contribution in [0.15, 0.2) is 22.8 Å². The number of pyridine rings is 1. The molecular formula is C11H14BrClN2. The summed E-state index contributed by atoms with van der Waals surface area (Å²) in [6, 6.07) is 4.73. The van der Waals surface area contributed by atoms with E-state index in [4.69, 9.17) is 11.6 Å². The van der Waals surface area contributed by atoms with Crippen LogP contribution in [0.25, 0.3) is 0 Å². The lowest BCUT2D eigenvalue weighted by Gasteiger charge is -2.38. The van der Waals surface area contributed by atoms with Gasteiger partial charge in [-0.05, 0) is 47.3 Å². The van der Waals surface area contributed by atoms with Crippen molar-refractivity contribution in [3.63, 3.8) is 0 Å². The Hall–Kier alpha value is -0.280. The molecule has 15 heavy (non-hydrogen) atoms. The molecule has 0 aliphatic heterocycles. The Morgan fingerprint density at radius 1 is 1.47 bits per heavy atom. The predicted molar refractivity (Wildman–Crippen MR) is 67.6 cm³/mol. The minimum Gasteiger partial charge on any atom is -0.352 e. The van der Waals surface area contributed by atoms with Gasteiger partial charge in [-0.1, -0.05) is 0 Å². The molecule has 0 spiro atoms. The zero-order valence-electron chi connectivity index (χ0n) is 8.50. The van der Waals surface area contributed by atoms with Gasteiger partial charge < -0.3 is 4.90 Å². The SMILES string of the molecule is ClCCN(c1ccc(Br)cn1)C1CCC1. The van der Waals surface area contributed by atoms with Gasteiger partial charge in [-0.25, -0.2) is 4.98 Å². The van der Waals surface area contributed by atoms with E-state index in [9.17, 15) is 0 Å². The first-order chi connectivity index (χ1) is 7.31. The van der Waals surface area contributed by atoms with Crippen molar-refractivity contribution in [1.29, 1.82) is 0 Å². The highest BCUT2D eigenvalue weighted by Gasteiger charge is 2.25. The Bertz CT molecular complexity index is 311. The summed E-state index contributed by atoms with van der Waals surface area (Å²) in [5.41, 5.74) is 0. The van der Waals surface area contributed by atoms with Crippen molar-refractivity contribution in [2.24, 2.45) is 0 Å². The van der Waals surface area contributed by atoms with Crippen molar-refractivity contribution in [2.75, 3.05) is 17.3 Å². The first kappa shape index (κ1) is 11.2. The average Bonchev–Trinajstić information content (AvgIpc) is 2.16. The number of aromatic nitrogens is 1. The van der Waals surface area contributed by atoms with Gasteiger partial charge in [-0.2, -0.15) is 0 Å². The second-order valence-corrected chi connectivity index (χ2v) is 5.10. The smallest absolute Gasteiger partial charge is 0.128 e. The molecule has 1 heterocycles. The molecule has 2 nitrogen and oxygen atoms in total. The summed E-state index contributed by atoms with van der Waals surface area (Å²) in [6.45, 7) is 0.890. The topological polar surface area (TPSA) is 16.1 Å². The Balaban J connectivity index is 2.12. The fourth-order valence-corrected chi connectivity index (χ4v) is 2.23. The molecule has 1 aromatic rings. The minimum atomic E-state index is 0.650. The van der Waals surface area contributed by atoms with Gasteiger partial charge in [0.25, 0.3) is 0 Å². The van der Waals surface area contributed by atoms with Crippen molar-refractivity contribution in [3.8, 4) is 0 Å². The lowest BCUT2D eigenvalue weighted by molar-refractivity contribution is 0.388. The van der Waals surface area contributed by atoms with Crippen LogP contribution in [-0.2, 0) is 0 Å². The summed E-state index contributed by atoms with van der Waals surface area (Å²) in [6.07, 6.45) is 5.72. The number of alkyl halides is 1. The van der Waals surface area contributed by atoms with Gasteiger partial charge in [0.05, 0.1) is 0 Å². The van der Waals surface area contributed by atoms with Crippen LogP contribution in [-0.4, -0.2) is 23.5 Å². The Morgan fingerprint density at radius 3 is 2.73 bits per heavy atom.